The third-order valence-electron chi connectivity index (χ3n) is 17.3. The average Bonchev–Trinajstić information content (AvgIpc) is 3.47. The highest BCUT2D eigenvalue weighted by Crippen LogP contribution is 2.19. The summed E-state index contributed by atoms with van der Waals surface area (Å²) in [5.41, 5.74) is 0. The van der Waals surface area contributed by atoms with Crippen LogP contribution in [0.4, 0.5) is 0 Å². The molecule has 0 saturated heterocycles. The van der Waals surface area contributed by atoms with Gasteiger partial charge in [0.25, 0.3) is 0 Å². The van der Waals surface area contributed by atoms with E-state index in [9.17, 15) is 14.4 Å². The van der Waals surface area contributed by atoms with E-state index in [1.54, 1.807) is 0 Å². The molecule has 1 atom stereocenters. The molecule has 0 aliphatic rings. The molecule has 0 amide bonds. The smallest absolute Gasteiger partial charge is 0.306 e. The molecule has 0 N–H and O–H groups in total. The van der Waals surface area contributed by atoms with Crippen LogP contribution < -0.4 is 0 Å². The van der Waals surface area contributed by atoms with Crippen LogP contribution in [0.15, 0.2) is 12.2 Å². The minimum Gasteiger partial charge on any atom is -0.462 e. The Labute approximate surface area is 507 Å². The molecule has 0 heterocycles. The maximum atomic E-state index is 12.9. The molecule has 0 saturated carbocycles. The Hall–Kier alpha value is -1.85. The summed E-state index contributed by atoms with van der Waals surface area (Å²) in [5, 5.41) is 0. The monoisotopic (exact) mass is 1140 g/mol. The Kier molecular flexibility index (Phi) is 69.0. The van der Waals surface area contributed by atoms with Gasteiger partial charge in [0.2, 0.25) is 0 Å². The van der Waals surface area contributed by atoms with Gasteiger partial charge in [-0.2, -0.15) is 0 Å². The molecule has 0 aliphatic carbocycles. The third-order valence-corrected chi connectivity index (χ3v) is 17.3. The standard InChI is InChI=1S/C75H144O6/c1-4-7-10-13-16-19-21-23-25-27-29-30-31-32-33-34-35-36-37-38-39-40-41-42-43-44-46-47-49-51-53-56-59-62-65-68-74(77)80-71-72(70-79-73(76)67-64-61-58-55-18-15-12-9-6-3)81-75(78)69-66-63-60-57-54-52-50-48-45-28-26-24-22-20-17-14-11-8-5-2/h27,29,72H,4-26,28,30-71H2,1-3H3/b29-27-. The zero-order valence-electron chi connectivity index (χ0n) is 55.4. The first kappa shape index (κ1) is 79.2. The number of unbranched alkanes of at least 4 members (excludes halogenated alkanes) is 57. The van der Waals surface area contributed by atoms with Crippen molar-refractivity contribution in [2.45, 2.75) is 438 Å². The molecule has 6 nitrogen and oxygen atoms in total. The van der Waals surface area contributed by atoms with Gasteiger partial charge in [-0.05, 0) is 44.9 Å². The van der Waals surface area contributed by atoms with Crippen molar-refractivity contribution < 1.29 is 28.6 Å². The second kappa shape index (κ2) is 70.6. The molecule has 0 aliphatic heterocycles. The van der Waals surface area contributed by atoms with Crippen molar-refractivity contribution in [2.24, 2.45) is 0 Å². The number of esters is 3. The molecule has 0 aromatic carbocycles. The SMILES string of the molecule is CCCCCCCCCC/C=C\CCCCCCCCCCCCCCCCCCCCCCCCCC(=O)OCC(COC(=O)CCCCCCCCCCC)OC(=O)CCCCCCCCCCCCCCCCCCCCC. The maximum absolute atomic E-state index is 12.9. The number of carbonyl (C=O) groups excluding carboxylic acids is 3. The van der Waals surface area contributed by atoms with Crippen LogP contribution in [0.5, 0.6) is 0 Å². The summed E-state index contributed by atoms with van der Waals surface area (Å²) in [6.45, 7) is 6.71. The molecule has 0 fully saturated rings. The summed E-state index contributed by atoms with van der Waals surface area (Å²) in [6.07, 6.45) is 85.7. The van der Waals surface area contributed by atoms with E-state index in [1.807, 2.05) is 0 Å². The van der Waals surface area contributed by atoms with Crippen LogP contribution >= 0.6 is 0 Å². The molecule has 81 heavy (non-hydrogen) atoms. The Morgan fingerprint density at radius 3 is 0.617 bits per heavy atom. The number of hydrogen-bond acceptors (Lipinski definition) is 6. The molecule has 0 spiro atoms. The first-order chi connectivity index (χ1) is 40.0. The Morgan fingerprint density at radius 1 is 0.235 bits per heavy atom. The zero-order chi connectivity index (χ0) is 58.5. The highest BCUT2D eigenvalue weighted by atomic mass is 16.6. The van der Waals surface area contributed by atoms with Crippen LogP contribution in [0.1, 0.15) is 432 Å². The molecule has 0 radical (unpaired) electrons. The molecule has 1 unspecified atom stereocenters. The largest absolute Gasteiger partial charge is 0.462 e. The van der Waals surface area contributed by atoms with E-state index >= 15 is 0 Å². The summed E-state index contributed by atoms with van der Waals surface area (Å²) >= 11 is 0. The topological polar surface area (TPSA) is 78.9 Å². The van der Waals surface area contributed by atoms with Crippen molar-refractivity contribution in [3.05, 3.63) is 12.2 Å². The fourth-order valence-corrected chi connectivity index (χ4v) is 11.7. The second-order valence-electron chi connectivity index (χ2n) is 25.6. The minimum atomic E-state index is -0.763. The average molecular weight is 1140 g/mol. The van der Waals surface area contributed by atoms with Gasteiger partial charge >= 0.3 is 17.9 Å². The number of ether oxygens (including phenoxy) is 3. The first-order valence-corrected chi connectivity index (χ1v) is 37.2. The Bertz CT molecular complexity index is 1260. The minimum absolute atomic E-state index is 0.0619. The molecule has 0 bridgehead atoms. The van der Waals surface area contributed by atoms with Crippen LogP contribution in [0.25, 0.3) is 0 Å². The summed E-state index contributed by atoms with van der Waals surface area (Å²) < 4.78 is 16.9. The van der Waals surface area contributed by atoms with Crippen molar-refractivity contribution in [1.29, 1.82) is 0 Å². The predicted molar refractivity (Wildman–Crippen MR) is 353 cm³/mol. The second-order valence-corrected chi connectivity index (χ2v) is 25.6. The maximum Gasteiger partial charge on any atom is 0.306 e. The van der Waals surface area contributed by atoms with Crippen molar-refractivity contribution in [2.75, 3.05) is 13.2 Å². The van der Waals surface area contributed by atoms with Crippen LogP contribution in [-0.2, 0) is 28.6 Å². The fraction of sp³-hybridized carbons (Fsp3) is 0.933. The summed E-state index contributed by atoms with van der Waals surface area (Å²) in [4.78, 5) is 38.3. The number of rotatable bonds is 70. The van der Waals surface area contributed by atoms with E-state index in [1.165, 1.54) is 334 Å². The van der Waals surface area contributed by atoms with Gasteiger partial charge in [0.05, 0.1) is 0 Å². The molecule has 0 aromatic heterocycles. The lowest BCUT2D eigenvalue weighted by molar-refractivity contribution is -0.167. The highest BCUT2D eigenvalue weighted by Gasteiger charge is 2.20. The zero-order valence-corrected chi connectivity index (χ0v) is 55.4. The van der Waals surface area contributed by atoms with Gasteiger partial charge in [-0.1, -0.05) is 380 Å². The Balaban J connectivity index is 3.97. The Morgan fingerprint density at radius 2 is 0.407 bits per heavy atom. The summed E-state index contributed by atoms with van der Waals surface area (Å²) in [7, 11) is 0. The molecule has 0 rings (SSSR count). The number of carbonyl (C=O) groups is 3. The van der Waals surface area contributed by atoms with Gasteiger partial charge in [0.15, 0.2) is 6.10 Å². The lowest BCUT2D eigenvalue weighted by Crippen LogP contribution is -2.30. The molecule has 0 aromatic rings. The molecular weight excluding hydrogens is 997 g/mol. The molecular formula is C75H144O6. The van der Waals surface area contributed by atoms with Crippen LogP contribution in [-0.4, -0.2) is 37.2 Å². The van der Waals surface area contributed by atoms with Gasteiger partial charge in [-0.3, -0.25) is 14.4 Å². The highest BCUT2D eigenvalue weighted by molar-refractivity contribution is 5.71. The van der Waals surface area contributed by atoms with E-state index in [-0.39, 0.29) is 31.1 Å². The number of allylic oxidation sites excluding steroid dienone is 2. The van der Waals surface area contributed by atoms with E-state index in [4.69, 9.17) is 14.2 Å². The van der Waals surface area contributed by atoms with Crippen LogP contribution in [0.3, 0.4) is 0 Å². The number of hydrogen-bond donors (Lipinski definition) is 0. The third kappa shape index (κ3) is 68.8. The van der Waals surface area contributed by atoms with Gasteiger partial charge in [0, 0.05) is 19.3 Å². The van der Waals surface area contributed by atoms with Crippen LogP contribution in [0, 0.1) is 0 Å². The predicted octanol–water partition coefficient (Wildman–Crippen LogP) is 25.6. The van der Waals surface area contributed by atoms with E-state index in [0.717, 1.165) is 57.8 Å². The van der Waals surface area contributed by atoms with Gasteiger partial charge in [0.1, 0.15) is 13.2 Å². The van der Waals surface area contributed by atoms with E-state index in [2.05, 4.69) is 32.9 Å². The van der Waals surface area contributed by atoms with Crippen molar-refractivity contribution >= 4 is 17.9 Å². The van der Waals surface area contributed by atoms with Crippen molar-refractivity contribution in [1.82, 2.24) is 0 Å². The quantitative estimate of drug-likeness (QED) is 0.0261. The van der Waals surface area contributed by atoms with Crippen molar-refractivity contribution in [3.8, 4) is 0 Å². The molecule has 480 valence electrons. The normalized spacial score (nSPS) is 12.0. The van der Waals surface area contributed by atoms with E-state index in [0.29, 0.717) is 19.3 Å². The first-order valence-electron chi connectivity index (χ1n) is 37.2. The van der Waals surface area contributed by atoms with Crippen molar-refractivity contribution in [3.63, 3.8) is 0 Å². The summed E-state index contributed by atoms with van der Waals surface area (Å²) in [5.74, 6) is -0.830. The van der Waals surface area contributed by atoms with Gasteiger partial charge in [-0.15, -0.1) is 0 Å². The van der Waals surface area contributed by atoms with Crippen LogP contribution in [0.2, 0.25) is 0 Å². The lowest BCUT2D eigenvalue weighted by Gasteiger charge is -2.18. The fourth-order valence-electron chi connectivity index (χ4n) is 11.7. The summed E-state index contributed by atoms with van der Waals surface area (Å²) in [6, 6.07) is 0. The van der Waals surface area contributed by atoms with E-state index < -0.39 is 6.10 Å². The molecule has 6 heteroatoms. The van der Waals surface area contributed by atoms with Gasteiger partial charge in [-0.25, -0.2) is 0 Å². The lowest BCUT2D eigenvalue weighted by atomic mass is 10.0. The van der Waals surface area contributed by atoms with Gasteiger partial charge < -0.3 is 14.2 Å².